The highest BCUT2D eigenvalue weighted by Gasteiger charge is 2.23. The van der Waals surface area contributed by atoms with Crippen LogP contribution in [0.15, 0.2) is 18.2 Å². The molecule has 0 saturated carbocycles. The molecule has 1 aromatic carbocycles. The Morgan fingerprint density at radius 3 is 2.80 bits per heavy atom. The molecule has 0 bridgehead atoms. The molecule has 5 heteroatoms. The van der Waals surface area contributed by atoms with E-state index in [-0.39, 0.29) is 17.4 Å². The predicted octanol–water partition coefficient (Wildman–Crippen LogP) is 3.31. The lowest BCUT2D eigenvalue weighted by atomic mass is 9.85. The van der Waals surface area contributed by atoms with Gasteiger partial charge in [0, 0.05) is 18.2 Å². The van der Waals surface area contributed by atoms with Gasteiger partial charge in [0.15, 0.2) is 0 Å². The van der Waals surface area contributed by atoms with Gasteiger partial charge in [-0.25, -0.2) is 4.98 Å². The number of nitrogens with zero attached hydrogens (tertiary/aromatic N) is 1. The fraction of sp³-hybridized carbons (Fsp3) is 0.467. The molecule has 1 unspecified atom stereocenters. The molecular formula is C15H21N3OS. The zero-order chi connectivity index (χ0) is 14.9. The van der Waals surface area contributed by atoms with E-state index in [0.717, 1.165) is 20.9 Å². The molecule has 0 aliphatic carbocycles. The van der Waals surface area contributed by atoms with E-state index in [1.54, 1.807) is 11.3 Å². The molecule has 1 amide bonds. The fourth-order valence-electron chi connectivity index (χ4n) is 1.84. The Labute approximate surface area is 123 Å². The molecule has 1 heterocycles. The van der Waals surface area contributed by atoms with E-state index in [9.17, 15) is 4.79 Å². The number of aromatic nitrogens is 1. The van der Waals surface area contributed by atoms with Gasteiger partial charge >= 0.3 is 0 Å². The maximum Gasteiger partial charge on any atom is 0.225 e. The number of rotatable bonds is 3. The van der Waals surface area contributed by atoms with Crippen molar-refractivity contribution in [1.82, 2.24) is 4.98 Å². The Morgan fingerprint density at radius 2 is 2.15 bits per heavy atom. The minimum atomic E-state index is -0.156. The number of anilines is 1. The average Bonchev–Trinajstić information content (AvgIpc) is 2.66. The topological polar surface area (TPSA) is 68.0 Å². The quantitative estimate of drug-likeness (QED) is 0.911. The Hall–Kier alpha value is -1.46. The summed E-state index contributed by atoms with van der Waals surface area (Å²) in [4.78, 5) is 16.4. The van der Waals surface area contributed by atoms with Gasteiger partial charge in [0.25, 0.3) is 0 Å². The van der Waals surface area contributed by atoms with Gasteiger partial charge in [-0.05, 0) is 30.5 Å². The molecule has 2 aromatic rings. The molecule has 108 valence electrons. The lowest BCUT2D eigenvalue weighted by Gasteiger charge is -2.26. The van der Waals surface area contributed by atoms with Crippen LogP contribution in [0.25, 0.3) is 10.2 Å². The van der Waals surface area contributed by atoms with E-state index in [2.05, 4.69) is 10.3 Å². The third-order valence-corrected chi connectivity index (χ3v) is 4.23. The van der Waals surface area contributed by atoms with Crippen LogP contribution in [0.1, 0.15) is 32.2 Å². The lowest BCUT2D eigenvalue weighted by Crippen LogP contribution is -2.38. The zero-order valence-electron chi connectivity index (χ0n) is 12.4. The molecule has 0 aliphatic heterocycles. The summed E-state index contributed by atoms with van der Waals surface area (Å²) in [7, 11) is 0. The van der Waals surface area contributed by atoms with Crippen LogP contribution in [0.5, 0.6) is 0 Å². The van der Waals surface area contributed by atoms with Crippen molar-refractivity contribution in [2.75, 3.05) is 5.32 Å². The van der Waals surface area contributed by atoms with E-state index < -0.39 is 0 Å². The molecule has 0 radical (unpaired) electrons. The van der Waals surface area contributed by atoms with Gasteiger partial charge in [-0.15, -0.1) is 11.3 Å². The van der Waals surface area contributed by atoms with Crippen molar-refractivity contribution in [1.29, 1.82) is 0 Å². The van der Waals surface area contributed by atoms with Gasteiger partial charge in [-0.1, -0.05) is 20.8 Å². The van der Waals surface area contributed by atoms with Crippen LogP contribution in [-0.4, -0.2) is 16.9 Å². The molecule has 1 aromatic heterocycles. The number of amides is 1. The number of carbonyl (C=O) groups excluding carboxylic acids is 1. The monoisotopic (exact) mass is 291 g/mol. The van der Waals surface area contributed by atoms with Crippen LogP contribution in [-0.2, 0) is 4.79 Å². The molecular weight excluding hydrogens is 270 g/mol. The van der Waals surface area contributed by atoms with Crippen LogP contribution in [0.3, 0.4) is 0 Å². The number of hydrogen-bond donors (Lipinski definition) is 2. The first-order chi connectivity index (χ1) is 9.25. The number of carbonyl (C=O) groups is 1. The van der Waals surface area contributed by atoms with E-state index >= 15 is 0 Å². The maximum atomic E-state index is 12.0. The molecule has 0 aliphatic rings. The summed E-state index contributed by atoms with van der Waals surface area (Å²) >= 11 is 1.62. The summed E-state index contributed by atoms with van der Waals surface area (Å²) in [6.07, 6.45) is 0.323. The highest BCUT2D eigenvalue weighted by Crippen LogP contribution is 2.25. The summed E-state index contributed by atoms with van der Waals surface area (Å²) in [5, 5.41) is 3.93. The van der Waals surface area contributed by atoms with E-state index in [1.165, 1.54) is 0 Å². The highest BCUT2D eigenvalue weighted by atomic mass is 32.1. The van der Waals surface area contributed by atoms with Gasteiger partial charge < -0.3 is 11.1 Å². The first-order valence-corrected chi connectivity index (χ1v) is 7.50. The molecule has 2 rings (SSSR count). The second kappa shape index (κ2) is 5.50. The Morgan fingerprint density at radius 1 is 1.45 bits per heavy atom. The van der Waals surface area contributed by atoms with Gasteiger partial charge in [0.1, 0.15) is 0 Å². The third-order valence-electron chi connectivity index (χ3n) is 3.30. The van der Waals surface area contributed by atoms with Crippen LogP contribution in [0, 0.1) is 12.3 Å². The van der Waals surface area contributed by atoms with Crippen molar-refractivity contribution >= 4 is 33.1 Å². The fourth-order valence-corrected chi connectivity index (χ4v) is 2.70. The molecule has 0 spiro atoms. The second-order valence-corrected chi connectivity index (χ2v) is 7.37. The number of thiazole rings is 1. The SMILES string of the molecule is Cc1nc2ccc(NC(=O)CC(N)C(C)(C)C)cc2s1. The first kappa shape index (κ1) is 14.9. The maximum absolute atomic E-state index is 12.0. The Balaban J connectivity index is 2.06. The number of nitrogens with two attached hydrogens (primary N) is 1. The molecule has 0 saturated heterocycles. The summed E-state index contributed by atoms with van der Waals surface area (Å²) in [5.74, 6) is -0.0481. The Kier molecular flexibility index (Phi) is 4.11. The van der Waals surface area contributed by atoms with E-state index in [4.69, 9.17) is 5.73 Å². The zero-order valence-corrected chi connectivity index (χ0v) is 13.2. The van der Waals surface area contributed by atoms with Crippen LogP contribution < -0.4 is 11.1 Å². The van der Waals surface area contributed by atoms with E-state index in [0.29, 0.717) is 6.42 Å². The standard InChI is InChI=1S/C15H21N3OS/c1-9-17-11-6-5-10(7-12(11)20-9)18-14(19)8-13(16)15(2,3)4/h5-7,13H,8,16H2,1-4H3,(H,18,19). The van der Waals surface area contributed by atoms with Crippen molar-refractivity contribution in [3.63, 3.8) is 0 Å². The summed E-state index contributed by atoms with van der Waals surface area (Å²) in [6, 6.07) is 5.61. The van der Waals surface area contributed by atoms with Crippen molar-refractivity contribution in [2.45, 2.75) is 40.2 Å². The van der Waals surface area contributed by atoms with Crippen molar-refractivity contribution in [2.24, 2.45) is 11.1 Å². The van der Waals surface area contributed by atoms with Crippen molar-refractivity contribution < 1.29 is 4.79 Å². The van der Waals surface area contributed by atoms with Crippen LogP contribution in [0.2, 0.25) is 0 Å². The molecule has 20 heavy (non-hydrogen) atoms. The highest BCUT2D eigenvalue weighted by molar-refractivity contribution is 7.18. The third kappa shape index (κ3) is 3.55. The summed E-state index contributed by atoms with van der Waals surface area (Å²) < 4.78 is 1.08. The van der Waals surface area contributed by atoms with Crippen molar-refractivity contribution in [3.8, 4) is 0 Å². The van der Waals surface area contributed by atoms with Gasteiger partial charge in [-0.3, -0.25) is 4.79 Å². The Bertz CT molecular complexity index is 628. The smallest absolute Gasteiger partial charge is 0.225 e. The van der Waals surface area contributed by atoms with Crippen LogP contribution in [0.4, 0.5) is 5.69 Å². The molecule has 0 fully saturated rings. The van der Waals surface area contributed by atoms with E-state index in [1.807, 2.05) is 45.9 Å². The number of aryl methyl sites for hydroxylation is 1. The number of benzene rings is 1. The number of fused-ring (bicyclic) bond motifs is 1. The lowest BCUT2D eigenvalue weighted by molar-refractivity contribution is -0.117. The number of hydrogen-bond acceptors (Lipinski definition) is 4. The predicted molar refractivity (Wildman–Crippen MR) is 85.0 cm³/mol. The van der Waals surface area contributed by atoms with Gasteiger partial charge in [0.05, 0.1) is 15.2 Å². The number of nitrogens with one attached hydrogen (secondary N) is 1. The largest absolute Gasteiger partial charge is 0.327 e. The summed E-state index contributed by atoms with van der Waals surface area (Å²) in [6.45, 7) is 8.09. The molecule has 4 nitrogen and oxygen atoms in total. The van der Waals surface area contributed by atoms with Crippen LogP contribution >= 0.6 is 11.3 Å². The summed E-state index contributed by atoms with van der Waals surface area (Å²) in [5.41, 5.74) is 7.72. The second-order valence-electron chi connectivity index (χ2n) is 6.14. The molecule has 3 N–H and O–H groups in total. The van der Waals surface area contributed by atoms with Gasteiger partial charge in [0.2, 0.25) is 5.91 Å². The van der Waals surface area contributed by atoms with Gasteiger partial charge in [-0.2, -0.15) is 0 Å². The average molecular weight is 291 g/mol. The minimum absolute atomic E-state index is 0.0481. The molecule has 1 atom stereocenters. The normalized spacial score (nSPS) is 13.4. The van der Waals surface area contributed by atoms with Crippen molar-refractivity contribution in [3.05, 3.63) is 23.2 Å². The minimum Gasteiger partial charge on any atom is -0.327 e. The first-order valence-electron chi connectivity index (χ1n) is 6.68.